The van der Waals surface area contributed by atoms with Gasteiger partial charge in [0.1, 0.15) is 5.75 Å². The van der Waals surface area contributed by atoms with E-state index in [0.717, 1.165) is 16.6 Å². The number of hydrogen-bond acceptors (Lipinski definition) is 4. The molecule has 8 heteroatoms. The van der Waals surface area contributed by atoms with E-state index in [1.807, 2.05) is 44.6 Å². The van der Waals surface area contributed by atoms with Crippen LogP contribution >= 0.6 is 28.3 Å². The van der Waals surface area contributed by atoms with E-state index in [0.29, 0.717) is 24.6 Å². The fourth-order valence-corrected chi connectivity index (χ4v) is 3.40. The second-order valence-corrected chi connectivity index (χ2v) is 6.80. The lowest BCUT2D eigenvalue weighted by Gasteiger charge is -2.18. The molecule has 0 bridgehead atoms. The quantitative estimate of drug-likeness (QED) is 0.767. The summed E-state index contributed by atoms with van der Waals surface area (Å²) in [5, 5.41) is 10.6. The minimum atomic E-state index is -0.136. The smallest absolute Gasteiger partial charge is 0.229 e. The van der Waals surface area contributed by atoms with Crippen molar-refractivity contribution >= 4 is 39.9 Å². The molecule has 1 aromatic carbocycles. The third-order valence-corrected chi connectivity index (χ3v) is 4.70. The standard InChI is InChI=1S/C17H21BrN4O2.ClH/c1-3-24-16-5-4-12(18)6-15(16)21-17(23)14-9-19-8-13(14)11-7-20-22(2)10-11;/h4-7,10,13-14,19H,3,8-9H2,1-2H3,(H,21,23);1H/t13-,14+;/m1./s1. The van der Waals surface area contributed by atoms with Gasteiger partial charge in [-0.15, -0.1) is 12.4 Å². The lowest BCUT2D eigenvalue weighted by molar-refractivity contribution is -0.119. The number of anilines is 1. The van der Waals surface area contributed by atoms with Crippen LogP contribution in [0.15, 0.2) is 35.1 Å². The molecule has 1 saturated heterocycles. The predicted octanol–water partition coefficient (Wildman–Crippen LogP) is 2.94. The monoisotopic (exact) mass is 428 g/mol. The molecule has 2 heterocycles. The van der Waals surface area contributed by atoms with Gasteiger partial charge in [-0.3, -0.25) is 9.48 Å². The van der Waals surface area contributed by atoms with Crippen LogP contribution in [0.2, 0.25) is 0 Å². The van der Waals surface area contributed by atoms with Crippen LogP contribution in [0.25, 0.3) is 0 Å². The minimum absolute atomic E-state index is 0. The number of nitrogens with zero attached hydrogens (tertiary/aromatic N) is 2. The molecule has 0 radical (unpaired) electrons. The van der Waals surface area contributed by atoms with Crippen LogP contribution in [0.3, 0.4) is 0 Å². The van der Waals surface area contributed by atoms with Crippen LogP contribution in [0.1, 0.15) is 18.4 Å². The molecule has 2 atom stereocenters. The highest BCUT2D eigenvalue weighted by molar-refractivity contribution is 9.10. The van der Waals surface area contributed by atoms with Crippen LogP contribution in [-0.4, -0.2) is 35.4 Å². The van der Waals surface area contributed by atoms with Crippen molar-refractivity contribution in [2.24, 2.45) is 13.0 Å². The molecule has 3 rings (SSSR count). The minimum Gasteiger partial charge on any atom is -0.492 e. The van der Waals surface area contributed by atoms with E-state index >= 15 is 0 Å². The summed E-state index contributed by atoms with van der Waals surface area (Å²) in [7, 11) is 1.89. The highest BCUT2D eigenvalue weighted by Gasteiger charge is 2.35. The first kappa shape index (κ1) is 19.8. The molecule has 1 aliphatic heterocycles. The van der Waals surface area contributed by atoms with Crippen molar-refractivity contribution in [3.05, 3.63) is 40.6 Å². The van der Waals surface area contributed by atoms with E-state index in [9.17, 15) is 4.79 Å². The van der Waals surface area contributed by atoms with Gasteiger partial charge >= 0.3 is 0 Å². The van der Waals surface area contributed by atoms with Gasteiger partial charge < -0.3 is 15.4 Å². The number of nitrogens with one attached hydrogen (secondary N) is 2. The summed E-state index contributed by atoms with van der Waals surface area (Å²) in [4.78, 5) is 12.8. The van der Waals surface area contributed by atoms with E-state index in [1.165, 1.54) is 0 Å². The maximum absolute atomic E-state index is 12.8. The lowest BCUT2D eigenvalue weighted by Crippen LogP contribution is -2.28. The van der Waals surface area contributed by atoms with Gasteiger partial charge in [0, 0.05) is 36.7 Å². The second kappa shape index (κ2) is 8.69. The first-order chi connectivity index (χ1) is 11.6. The molecule has 0 unspecified atom stereocenters. The Hall–Kier alpha value is -1.57. The number of aryl methyl sites for hydroxylation is 1. The summed E-state index contributed by atoms with van der Waals surface area (Å²) in [6.07, 6.45) is 3.81. The predicted molar refractivity (Wildman–Crippen MR) is 103 cm³/mol. The molecule has 25 heavy (non-hydrogen) atoms. The van der Waals surface area contributed by atoms with Crippen molar-refractivity contribution in [1.82, 2.24) is 15.1 Å². The van der Waals surface area contributed by atoms with Crippen LogP contribution in [-0.2, 0) is 11.8 Å². The van der Waals surface area contributed by atoms with Gasteiger partial charge in [-0.05, 0) is 30.7 Å². The first-order valence-corrected chi connectivity index (χ1v) is 8.80. The van der Waals surface area contributed by atoms with E-state index in [-0.39, 0.29) is 30.2 Å². The van der Waals surface area contributed by atoms with Crippen LogP contribution in [0, 0.1) is 5.92 Å². The largest absolute Gasteiger partial charge is 0.492 e. The molecule has 0 aliphatic carbocycles. The number of aromatic nitrogens is 2. The fraction of sp³-hybridized carbons (Fsp3) is 0.412. The Balaban J connectivity index is 0.00000225. The molecular weight excluding hydrogens is 408 g/mol. The van der Waals surface area contributed by atoms with Crippen LogP contribution < -0.4 is 15.4 Å². The number of benzene rings is 1. The Morgan fingerprint density at radius 3 is 2.96 bits per heavy atom. The topological polar surface area (TPSA) is 68.2 Å². The van der Waals surface area contributed by atoms with E-state index in [4.69, 9.17) is 4.74 Å². The summed E-state index contributed by atoms with van der Waals surface area (Å²) in [6, 6.07) is 5.62. The van der Waals surface area contributed by atoms with Gasteiger partial charge in [-0.25, -0.2) is 0 Å². The highest BCUT2D eigenvalue weighted by Crippen LogP contribution is 2.32. The SMILES string of the molecule is CCOc1ccc(Br)cc1NC(=O)[C@H]1CNC[C@@H]1c1cnn(C)c1.Cl. The molecule has 1 amide bonds. The van der Waals surface area contributed by atoms with E-state index < -0.39 is 0 Å². The number of ether oxygens (including phenoxy) is 1. The molecular formula is C17H22BrClN4O2. The molecule has 1 aliphatic rings. The van der Waals surface area contributed by atoms with Crippen LogP contribution in [0.5, 0.6) is 5.75 Å². The van der Waals surface area contributed by atoms with Gasteiger partial charge in [0.2, 0.25) is 5.91 Å². The maximum Gasteiger partial charge on any atom is 0.229 e. The number of halogens is 2. The number of hydrogen-bond donors (Lipinski definition) is 2. The summed E-state index contributed by atoms with van der Waals surface area (Å²) in [5.41, 5.74) is 1.77. The average Bonchev–Trinajstić information content (AvgIpc) is 3.18. The van der Waals surface area contributed by atoms with Gasteiger partial charge in [0.15, 0.2) is 0 Å². The third kappa shape index (κ3) is 4.54. The van der Waals surface area contributed by atoms with Crippen LogP contribution in [0.4, 0.5) is 5.69 Å². The van der Waals surface area contributed by atoms with Crippen molar-refractivity contribution in [1.29, 1.82) is 0 Å². The van der Waals surface area contributed by atoms with Gasteiger partial charge in [0.05, 0.1) is 24.4 Å². The summed E-state index contributed by atoms with van der Waals surface area (Å²) in [6.45, 7) is 3.91. The Kier molecular flexibility index (Phi) is 6.87. The van der Waals surface area contributed by atoms with Gasteiger partial charge in [-0.2, -0.15) is 5.10 Å². The van der Waals surface area contributed by atoms with E-state index in [2.05, 4.69) is 31.7 Å². The highest BCUT2D eigenvalue weighted by atomic mass is 79.9. The lowest BCUT2D eigenvalue weighted by atomic mass is 9.90. The zero-order valence-electron chi connectivity index (χ0n) is 14.2. The number of carbonyl (C=O) groups is 1. The van der Waals surface area contributed by atoms with Crippen molar-refractivity contribution < 1.29 is 9.53 Å². The molecule has 2 N–H and O–H groups in total. The molecule has 2 aromatic rings. The molecule has 0 saturated carbocycles. The molecule has 136 valence electrons. The molecule has 0 spiro atoms. The molecule has 1 aromatic heterocycles. The van der Waals surface area contributed by atoms with Gasteiger partial charge in [-0.1, -0.05) is 15.9 Å². The third-order valence-electron chi connectivity index (χ3n) is 4.20. The Labute approximate surface area is 161 Å². The summed E-state index contributed by atoms with van der Waals surface area (Å²) >= 11 is 3.44. The average molecular weight is 430 g/mol. The Bertz CT molecular complexity index is 737. The zero-order chi connectivity index (χ0) is 17.1. The van der Waals surface area contributed by atoms with Crippen molar-refractivity contribution in [3.63, 3.8) is 0 Å². The van der Waals surface area contributed by atoms with Crippen molar-refractivity contribution in [2.75, 3.05) is 25.0 Å². The zero-order valence-corrected chi connectivity index (χ0v) is 16.6. The van der Waals surface area contributed by atoms with E-state index in [1.54, 1.807) is 4.68 Å². The number of carbonyl (C=O) groups excluding carboxylic acids is 1. The summed E-state index contributed by atoms with van der Waals surface area (Å²) < 4.78 is 8.27. The molecule has 6 nitrogen and oxygen atoms in total. The van der Waals surface area contributed by atoms with Gasteiger partial charge in [0.25, 0.3) is 0 Å². The number of amides is 1. The Morgan fingerprint density at radius 2 is 2.28 bits per heavy atom. The normalized spacial score (nSPS) is 19.3. The first-order valence-electron chi connectivity index (χ1n) is 8.01. The second-order valence-electron chi connectivity index (χ2n) is 5.88. The van der Waals surface area contributed by atoms with Crippen molar-refractivity contribution in [3.8, 4) is 5.75 Å². The Morgan fingerprint density at radius 1 is 1.48 bits per heavy atom. The fourth-order valence-electron chi connectivity index (χ4n) is 3.04. The maximum atomic E-state index is 12.8. The molecule has 1 fully saturated rings. The van der Waals surface area contributed by atoms with Crippen molar-refractivity contribution in [2.45, 2.75) is 12.8 Å². The summed E-state index contributed by atoms with van der Waals surface area (Å²) in [5.74, 6) is 0.662. The number of rotatable bonds is 5.